The number of aromatic nitrogens is 2. The molecule has 0 saturated heterocycles. The van der Waals surface area contributed by atoms with E-state index in [2.05, 4.69) is 5.10 Å². The number of rotatable bonds is 5. The lowest BCUT2D eigenvalue weighted by atomic mass is 10.1. The van der Waals surface area contributed by atoms with E-state index in [-0.39, 0.29) is 11.5 Å². The average molecular weight is 254 g/mol. The van der Waals surface area contributed by atoms with Crippen LogP contribution in [-0.2, 0) is 11.3 Å². The van der Waals surface area contributed by atoms with Gasteiger partial charge in [0.05, 0.1) is 18.8 Å². The molecule has 3 N–H and O–H groups in total. The topological polar surface area (TPSA) is 99.2 Å². The van der Waals surface area contributed by atoms with Crippen molar-refractivity contribution in [2.75, 3.05) is 13.7 Å². The minimum atomic E-state index is -0.615. The van der Waals surface area contributed by atoms with Gasteiger partial charge in [-0.1, -0.05) is 13.8 Å². The lowest BCUT2D eigenvalue weighted by molar-refractivity contribution is 0.0950. The number of nitrogen functional groups attached to an aromatic ring is 1. The molecule has 0 unspecified atom stereocenters. The zero-order valence-electron chi connectivity index (χ0n) is 10.8. The molecule has 0 aliphatic heterocycles. The quantitative estimate of drug-likeness (QED) is 0.424. The van der Waals surface area contributed by atoms with Crippen molar-refractivity contribution < 1.29 is 9.53 Å². The third-order valence-corrected chi connectivity index (χ3v) is 2.47. The zero-order valence-corrected chi connectivity index (χ0v) is 10.8. The first-order valence-corrected chi connectivity index (χ1v) is 5.63. The molecule has 0 spiro atoms. The van der Waals surface area contributed by atoms with E-state index in [4.69, 9.17) is 10.6 Å². The summed E-state index contributed by atoms with van der Waals surface area (Å²) in [4.78, 5) is 23.5. The number of nitrogens with two attached hydrogens (primary N) is 1. The van der Waals surface area contributed by atoms with Crippen molar-refractivity contribution in [2.24, 2.45) is 5.84 Å². The van der Waals surface area contributed by atoms with E-state index in [0.717, 1.165) is 0 Å². The highest BCUT2D eigenvalue weighted by atomic mass is 16.5. The van der Waals surface area contributed by atoms with Crippen LogP contribution in [0.3, 0.4) is 0 Å². The molecular formula is C11H18N4O3. The number of carbonyl (C=O) groups excluding carboxylic acids is 1. The summed E-state index contributed by atoms with van der Waals surface area (Å²) in [7, 11) is 1.53. The molecule has 100 valence electrons. The van der Waals surface area contributed by atoms with E-state index in [1.807, 2.05) is 19.3 Å². The van der Waals surface area contributed by atoms with E-state index in [1.165, 1.54) is 17.9 Å². The number of amides is 1. The Hall–Kier alpha value is -1.73. The molecule has 1 heterocycles. The Labute approximate surface area is 105 Å². The summed E-state index contributed by atoms with van der Waals surface area (Å²) < 4.78 is 6.13. The molecule has 0 atom stereocenters. The third-order valence-electron chi connectivity index (χ3n) is 2.47. The van der Waals surface area contributed by atoms with E-state index in [1.54, 1.807) is 0 Å². The number of carbonyl (C=O) groups is 1. The lowest BCUT2D eigenvalue weighted by Gasteiger charge is -2.11. The molecule has 0 fully saturated rings. The van der Waals surface area contributed by atoms with Gasteiger partial charge in [0.15, 0.2) is 0 Å². The van der Waals surface area contributed by atoms with Crippen LogP contribution in [0, 0.1) is 0 Å². The van der Waals surface area contributed by atoms with Crippen LogP contribution in [0.5, 0.6) is 0 Å². The molecule has 7 heteroatoms. The maximum absolute atomic E-state index is 12.0. The Morgan fingerprint density at radius 1 is 1.61 bits per heavy atom. The number of hydrogen-bond acceptors (Lipinski definition) is 5. The zero-order chi connectivity index (χ0) is 13.7. The molecule has 0 aliphatic carbocycles. The number of hydrogen-bond donors (Lipinski definition) is 2. The van der Waals surface area contributed by atoms with Crippen molar-refractivity contribution in [1.29, 1.82) is 0 Å². The molecule has 7 nitrogen and oxygen atoms in total. The summed E-state index contributed by atoms with van der Waals surface area (Å²) in [6, 6.07) is 1.47. The molecule has 1 aromatic heterocycles. The van der Waals surface area contributed by atoms with Gasteiger partial charge in [0.1, 0.15) is 5.56 Å². The maximum Gasteiger partial charge on any atom is 0.279 e. The van der Waals surface area contributed by atoms with Gasteiger partial charge in [-0.15, -0.1) is 0 Å². The Balaban J connectivity index is 3.29. The van der Waals surface area contributed by atoms with Crippen molar-refractivity contribution in [2.45, 2.75) is 26.3 Å². The van der Waals surface area contributed by atoms with Crippen molar-refractivity contribution in [3.05, 3.63) is 27.7 Å². The average Bonchev–Trinajstić information content (AvgIpc) is 2.36. The van der Waals surface area contributed by atoms with Crippen LogP contribution >= 0.6 is 0 Å². The fourth-order valence-corrected chi connectivity index (χ4v) is 1.41. The van der Waals surface area contributed by atoms with Crippen LogP contribution in [0.4, 0.5) is 0 Å². The summed E-state index contributed by atoms with van der Waals surface area (Å²) in [6.45, 7) is 4.49. The van der Waals surface area contributed by atoms with Gasteiger partial charge in [-0.3, -0.25) is 15.0 Å². The molecule has 1 rings (SSSR count). The fourth-order valence-electron chi connectivity index (χ4n) is 1.41. The molecule has 0 aliphatic rings. The van der Waals surface area contributed by atoms with Crippen LogP contribution in [-0.4, -0.2) is 29.4 Å². The van der Waals surface area contributed by atoms with Crippen molar-refractivity contribution >= 4 is 5.91 Å². The summed E-state index contributed by atoms with van der Waals surface area (Å²) >= 11 is 0. The molecular weight excluding hydrogens is 236 g/mol. The Kier molecular flexibility index (Phi) is 4.99. The number of nitrogens with zero attached hydrogens (tertiary/aromatic N) is 2. The van der Waals surface area contributed by atoms with Gasteiger partial charge >= 0.3 is 0 Å². The van der Waals surface area contributed by atoms with Crippen molar-refractivity contribution in [1.82, 2.24) is 15.2 Å². The van der Waals surface area contributed by atoms with Gasteiger partial charge in [-0.25, -0.2) is 10.5 Å². The monoisotopic (exact) mass is 254 g/mol. The summed E-state index contributed by atoms with van der Waals surface area (Å²) in [5.41, 5.74) is 2.14. The van der Waals surface area contributed by atoms with Gasteiger partial charge in [0.2, 0.25) is 0 Å². The second kappa shape index (κ2) is 6.27. The fraction of sp³-hybridized carbons (Fsp3) is 0.545. The number of ether oxygens (including phenoxy) is 1. The summed E-state index contributed by atoms with van der Waals surface area (Å²) in [5.74, 6) is 4.54. The largest absolute Gasteiger partial charge is 0.383 e. The van der Waals surface area contributed by atoms with E-state index in [9.17, 15) is 9.59 Å². The summed E-state index contributed by atoms with van der Waals surface area (Å²) in [5, 5.41) is 4.19. The van der Waals surface area contributed by atoms with E-state index >= 15 is 0 Å². The highest BCUT2D eigenvalue weighted by Gasteiger charge is 2.15. The second-order valence-electron chi connectivity index (χ2n) is 4.13. The van der Waals surface area contributed by atoms with Crippen LogP contribution in [0.25, 0.3) is 0 Å². The molecule has 0 saturated carbocycles. The molecule has 0 bridgehead atoms. The molecule has 1 aromatic rings. The highest BCUT2D eigenvalue weighted by molar-refractivity contribution is 5.93. The van der Waals surface area contributed by atoms with Crippen LogP contribution in [0.2, 0.25) is 0 Å². The number of nitrogens with one attached hydrogen (secondary N) is 1. The van der Waals surface area contributed by atoms with Gasteiger partial charge < -0.3 is 4.74 Å². The van der Waals surface area contributed by atoms with Crippen LogP contribution < -0.4 is 16.8 Å². The first kappa shape index (κ1) is 14.3. The summed E-state index contributed by atoms with van der Waals surface area (Å²) in [6.07, 6.45) is 0. The lowest BCUT2D eigenvalue weighted by Crippen LogP contribution is -2.38. The normalized spacial score (nSPS) is 10.7. The SMILES string of the molecule is COCCn1nc(C(C)C)cc(C(=O)NN)c1=O. The van der Waals surface area contributed by atoms with Gasteiger partial charge in [0.25, 0.3) is 11.5 Å². The molecule has 0 aromatic carbocycles. The predicted molar refractivity (Wildman–Crippen MR) is 66.1 cm³/mol. The van der Waals surface area contributed by atoms with Gasteiger partial charge in [0, 0.05) is 7.11 Å². The predicted octanol–water partition coefficient (Wildman–Crippen LogP) is -0.383. The number of methoxy groups -OCH3 is 1. The first-order chi connectivity index (χ1) is 8.51. The Bertz CT molecular complexity index is 482. The molecule has 18 heavy (non-hydrogen) atoms. The minimum absolute atomic E-state index is 0.00713. The van der Waals surface area contributed by atoms with Gasteiger partial charge in [-0.05, 0) is 12.0 Å². The van der Waals surface area contributed by atoms with Crippen molar-refractivity contribution in [3.63, 3.8) is 0 Å². The molecule has 0 radical (unpaired) electrons. The van der Waals surface area contributed by atoms with Gasteiger partial charge in [-0.2, -0.15) is 5.10 Å². The number of hydrazine groups is 1. The van der Waals surface area contributed by atoms with Crippen LogP contribution in [0.15, 0.2) is 10.9 Å². The van der Waals surface area contributed by atoms with E-state index < -0.39 is 11.5 Å². The second-order valence-corrected chi connectivity index (χ2v) is 4.13. The first-order valence-electron chi connectivity index (χ1n) is 5.63. The van der Waals surface area contributed by atoms with E-state index in [0.29, 0.717) is 18.8 Å². The smallest absolute Gasteiger partial charge is 0.279 e. The van der Waals surface area contributed by atoms with Crippen LogP contribution in [0.1, 0.15) is 35.8 Å². The maximum atomic E-state index is 12.0. The Morgan fingerprint density at radius 2 is 2.28 bits per heavy atom. The minimum Gasteiger partial charge on any atom is -0.383 e. The highest BCUT2D eigenvalue weighted by Crippen LogP contribution is 2.10. The Morgan fingerprint density at radius 3 is 2.78 bits per heavy atom. The standard InChI is InChI=1S/C11H18N4O3/c1-7(2)9-6-8(10(16)13-12)11(17)15(14-9)4-5-18-3/h6-7H,4-5,12H2,1-3H3,(H,13,16). The third kappa shape index (κ3) is 3.14. The van der Waals surface area contributed by atoms with Crippen molar-refractivity contribution in [3.8, 4) is 0 Å². The molecule has 1 amide bonds.